The molecule has 0 heterocycles. The number of carbonyl (C=O) groups is 2. The van der Waals surface area contributed by atoms with Gasteiger partial charge in [0, 0.05) is 35.2 Å². The molecule has 12 heteroatoms. The molecule has 2 aliphatic carbocycles. The Hall–Kier alpha value is -6.14. The summed E-state index contributed by atoms with van der Waals surface area (Å²) in [6.07, 6.45) is 6.31. The molecule has 0 unspecified atom stereocenters. The molecule has 0 saturated heterocycles. The van der Waals surface area contributed by atoms with Gasteiger partial charge >= 0.3 is 11.9 Å². The zero-order valence-electron chi connectivity index (χ0n) is 32.0. The summed E-state index contributed by atoms with van der Waals surface area (Å²) in [4.78, 5) is 26.5. The third-order valence-corrected chi connectivity index (χ3v) is 11.0. The predicted molar refractivity (Wildman–Crippen MR) is 216 cm³/mol. The number of carboxylic acids is 1. The lowest BCUT2D eigenvalue weighted by atomic mass is 9.80. The van der Waals surface area contributed by atoms with Crippen LogP contribution in [0.1, 0.15) is 97.2 Å². The SMILES string of the molecule is CCCCCC(=CC(=O)O[C@@H](C(=O)O)[C@H](CNCC)c1ccc(O)c(O)c1)c1cc(O)c(O)c2c1C=C(c1cc(O)c(O)c3c1-c1cccc(O)c1CCC3)CC2. The van der Waals surface area contributed by atoms with E-state index in [-0.39, 0.29) is 41.7 Å². The summed E-state index contributed by atoms with van der Waals surface area (Å²) in [5, 5.41) is 88.5. The highest BCUT2D eigenvalue weighted by molar-refractivity contribution is 5.99. The molecule has 4 aromatic carbocycles. The fourth-order valence-corrected chi connectivity index (χ4v) is 8.09. The first-order valence-electron chi connectivity index (χ1n) is 19.4. The molecule has 0 aromatic heterocycles. The van der Waals surface area contributed by atoms with Crippen LogP contribution >= 0.6 is 0 Å². The lowest BCUT2D eigenvalue weighted by molar-refractivity contribution is -0.162. The molecule has 2 atom stereocenters. The number of unbranched alkanes of at least 4 members (excludes halogenated alkanes) is 2. The largest absolute Gasteiger partial charge is 0.508 e. The number of rotatable bonds is 14. The lowest BCUT2D eigenvalue weighted by Gasteiger charge is -2.26. The third-order valence-electron chi connectivity index (χ3n) is 11.0. The van der Waals surface area contributed by atoms with Crippen LogP contribution in [0.2, 0.25) is 0 Å². The number of benzene rings is 4. The van der Waals surface area contributed by atoms with Gasteiger partial charge in [0.2, 0.25) is 6.10 Å². The highest BCUT2D eigenvalue weighted by Crippen LogP contribution is 2.50. The number of aliphatic carboxylic acids is 1. The quantitative estimate of drug-likeness (QED) is 0.0261. The van der Waals surface area contributed by atoms with Crippen molar-refractivity contribution < 1.29 is 55.2 Å². The number of ether oxygens (including phenoxy) is 1. The smallest absolute Gasteiger partial charge is 0.345 e. The van der Waals surface area contributed by atoms with Gasteiger partial charge in [-0.05, 0) is 126 Å². The van der Waals surface area contributed by atoms with Crippen molar-refractivity contribution in [3.8, 4) is 51.4 Å². The van der Waals surface area contributed by atoms with Crippen molar-refractivity contribution in [1.82, 2.24) is 5.32 Å². The first kappa shape index (κ1) is 40.5. The highest BCUT2D eigenvalue weighted by Gasteiger charge is 2.34. The number of hydrogen-bond acceptors (Lipinski definition) is 11. The van der Waals surface area contributed by atoms with E-state index in [0.29, 0.717) is 89.6 Å². The molecule has 4 aromatic rings. The average molecular weight is 780 g/mol. The summed E-state index contributed by atoms with van der Waals surface area (Å²) >= 11 is 0. The number of aromatic hydroxyl groups is 7. The molecule has 9 N–H and O–H groups in total. The standard InChI is InChI=1S/C45H49NO11/c1-3-5-6-9-24(20-40(52)57-44(45(55)56)34(23-46-4-2)26-15-17-36(48)37(49)19-26)31-21-38(50)42(53)29-16-14-25(18-33(29)31)32-22-39(51)43(54)30-12-7-10-27-28(41(30)32)11-8-13-35(27)47/h8,11,13,15,17-22,34,44,46-51,53-54H,3-7,9-10,12,14,16,23H2,1-2H3,(H,55,56)/t34-,44-/m1/s1. The topological polar surface area (TPSA) is 217 Å². The van der Waals surface area contributed by atoms with E-state index in [1.807, 2.05) is 26.0 Å². The van der Waals surface area contributed by atoms with Crippen molar-refractivity contribution in [2.45, 2.75) is 83.7 Å². The number of esters is 1. The summed E-state index contributed by atoms with van der Waals surface area (Å²) in [7, 11) is 0. The molecular formula is C45H49NO11. The Kier molecular flexibility index (Phi) is 12.3. The molecule has 0 amide bonds. The zero-order chi connectivity index (χ0) is 41.0. The number of hydrogen-bond donors (Lipinski definition) is 9. The molecule has 0 bridgehead atoms. The molecule has 0 radical (unpaired) electrons. The summed E-state index contributed by atoms with van der Waals surface area (Å²) < 4.78 is 5.69. The van der Waals surface area contributed by atoms with E-state index in [0.717, 1.165) is 29.5 Å². The minimum absolute atomic E-state index is 0.0750. The second kappa shape index (κ2) is 17.3. The number of fused-ring (bicyclic) bond motifs is 4. The van der Waals surface area contributed by atoms with Crippen LogP contribution in [-0.2, 0) is 33.6 Å². The first-order chi connectivity index (χ1) is 27.3. The Labute approximate surface area is 330 Å². The van der Waals surface area contributed by atoms with Crippen LogP contribution in [0.4, 0.5) is 0 Å². The molecule has 12 nitrogen and oxygen atoms in total. The van der Waals surface area contributed by atoms with Crippen molar-refractivity contribution in [1.29, 1.82) is 0 Å². The van der Waals surface area contributed by atoms with E-state index < -0.39 is 35.5 Å². The molecule has 0 spiro atoms. The van der Waals surface area contributed by atoms with E-state index in [2.05, 4.69) is 5.32 Å². The number of carbonyl (C=O) groups excluding carboxylic acids is 1. The van der Waals surface area contributed by atoms with Crippen molar-refractivity contribution in [3.63, 3.8) is 0 Å². The molecular weight excluding hydrogens is 730 g/mol. The first-order valence-corrected chi connectivity index (χ1v) is 19.4. The Morgan fingerprint density at radius 1 is 0.772 bits per heavy atom. The molecule has 0 aliphatic heterocycles. The van der Waals surface area contributed by atoms with Gasteiger partial charge in [-0.2, -0.15) is 0 Å². The number of carboxylic acid groups (broad SMARTS) is 1. The van der Waals surface area contributed by atoms with Crippen LogP contribution in [0.15, 0.2) is 54.6 Å². The Bertz CT molecular complexity index is 2260. The summed E-state index contributed by atoms with van der Waals surface area (Å²) in [6.45, 7) is 4.41. The summed E-state index contributed by atoms with van der Waals surface area (Å²) in [5.74, 6) is -5.24. The van der Waals surface area contributed by atoms with Gasteiger partial charge in [0.15, 0.2) is 34.5 Å². The van der Waals surface area contributed by atoms with E-state index in [9.17, 15) is 50.4 Å². The van der Waals surface area contributed by atoms with Crippen LogP contribution in [0.3, 0.4) is 0 Å². The Morgan fingerprint density at radius 3 is 2.23 bits per heavy atom. The van der Waals surface area contributed by atoms with Crippen LogP contribution in [0.25, 0.3) is 28.3 Å². The number of phenols is 7. The van der Waals surface area contributed by atoms with Crippen LogP contribution in [-0.4, -0.2) is 72.0 Å². The molecule has 0 saturated carbocycles. The second-order valence-corrected chi connectivity index (χ2v) is 14.6. The molecule has 57 heavy (non-hydrogen) atoms. The summed E-state index contributed by atoms with van der Waals surface area (Å²) in [5.41, 5.74) is 6.24. The van der Waals surface area contributed by atoms with Gasteiger partial charge in [0.1, 0.15) is 5.75 Å². The van der Waals surface area contributed by atoms with Crippen molar-refractivity contribution in [3.05, 3.63) is 93.6 Å². The average Bonchev–Trinajstić information content (AvgIpc) is 3.39. The molecule has 2 aliphatic rings. The van der Waals surface area contributed by atoms with Gasteiger partial charge in [-0.1, -0.05) is 51.0 Å². The van der Waals surface area contributed by atoms with E-state index in [1.165, 1.54) is 36.4 Å². The normalized spacial score (nSPS) is 14.7. The van der Waals surface area contributed by atoms with E-state index >= 15 is 0 Å². The highest BCUT2D eigenvalue weighted by atomic mass is 16.6. The molecule has 6 rings (SSSR count). The minimum atomic E-state index is -1.69. The molecule has 300 valence electrons. The van der Waals surface area contributed by atoms with Crippen molar-refractivity contribution >= 4 is 29.2 Å². The number of phenolic OH excluding ortho intramolecular Hbond substituents is 7. The zero-order valence-corrected chi connectivity index (χ0v) is 32.0. The van der Waals surface area contributed by atoms with Gasteiger partial charge in [0.05, 0.1) is 0 Å². The monoisotopic (exact) mass is 779 g/mol. The van der Waals surface area contributed by atoms with Crippen LogP contribution in [0.5, 0.6) is 40.2 Å². The van der Waals surface area contributed by atoms with Crippen molar-refractivity contribution in [2.24, 2.45) is 0 Å². The maximum absolute atomic E-state index is 13.8. The van der Waals surface area contributed by atoms with Crippen molar-refractivity contribution in [2.75, 3.05) is 13.1 Å². The lowest BCUT2D eigenvalue weighted by Crippen LogP contribution is -2.38. The molecule has 0 fully saturated rings. The van der Waals surface area contributed by atoms with Crippen LogP contribution in [0, 0.1) is 0 Å². The van der Waals surface area contributed by atoms with E-state index in [4.69, 9.17) is 4.74 Å². The minimum Gasteiger partial charge on any atom is -0.508 e. The third kappa shape index (κ3) is 8.36. The number of allylic oxidation sites excluding steroid dienone is 2. The van der Waals surface area contributed by atoms with Gasteiger partial charge in [-0.15, -0.1) is 0 Å². The number of likely N-dealkylation sites (N-methyl/N-ethyl adjacent to an activating group) is 1. The fraction of sp³-hybridized carbons (Fsp3) is 0.333. The Balaban J connectivity index is 1.47. The Morgan fingerprint density at radius 2 is 1.51 bits per heavy atom. The van der Waals surface area contributed by atoms with Crippen LogP contribution < -0.4 is 5.32 Å². The van der Waals surface area contributed by atoms with Gasteiger partial charge in [0.25, 0.3) is 0 Å². The maximum atomic E-state index is 13.8. The van der Waals surface area contributed by atoms with Gasteiger partial charge in [-0.25, -0.2) is 9.59 Å². The maximum Gasteiger partial charge on any atom is 0.345 e. The fourth-order valence-electron chi connectivity index (χ4n) is 8.09. The van der Waals surface area contributed by atoms with Gasteiger partial charge < -0.3 is 50.9 Å². The van der Waals surface area contributed by atoms with E-state index in [1.54, 1.807) is 12.1 Å². The summed E-state index contributed by atoms with van der Waals surface area (Å²) in [6, 6.07) is 12.0. The second-order valence-electron chi connectivity index (χ2n) is 14.6. The van der Waals surface area contributed by atoms with Gasteiger partial charge in [-0.3, -0.25) is 0 Å². The number of nitrogens with one attached hydrogen (secondary N) is 1. The predicted octanol–water partition coefficient (Wildman–Crippen LogP) is 7.62.